The van der Waals surface area contributed by atoms with E-state index < -0.39 is 41.4 Å². The number of carbonyl (C=O) groups is 6. The Morgan fingerprint density at radius 1 is 0.925 bits per heavy atom. The van der Waals surface area contributed by atoms with Crippen LogP contribution >= 0.6 is 0 Å². The van der Waals surface area contributed by atoms with E-state index in [0.29, 0.717) is 73.7 Å². The van der Waals surface area contributed by atoms with Crippen LogP contribution in [-0.4, -0.2) is 123 Å². The second-order valence-corrected chi connectivity index (χ2v) is 14.9. The molecule has 4 amide bonds. The molecule has 0 aromatic heterocycles. The first-order valence-electron chi connectivity index (χ1n) is 18.1. The molecule has 0 unspecified atom stereocenters. The van der Waals surface area contributed by atoms with Crippen molar-refractivity contribution in [3.05, 3.63) is 28.8 Å². The van der Waals surface area contributed by atoms with Gasteiger partial charge in [0, 0.05) is 18.1 Å². The Hall–Kier alpha value is -4.41. The Labute approximate surface area is 311 Å². The van der Waals surface area contributed by atoms with Crippen molar-refractivity contribution in [2.75, 3.05) is 59.7 Å². The van der Waals surface area contributed by atoms with E-state index >= 15 is 0 Å². The highest BCUT2D eigenvalue weighted by Crippen LogP contribution is 2.30. The molecule has 2 heterocycles. The van der Waals surface area contributed by atoms with Crippen LogP contribution in [0.3, 0.4) is 0 Å². The molecule has 1 aromatic rings. The quantitative estimate of drug-likeness (QED) is 0.0371. The fraction of sp³-hybridized carbons (Fsp3) is 0.649. The monoisotopic (exact) mass is 745 g/mol. The highest BCUT2D eigenvalue weighted by molar-refractivity contribution is 5.97. The van der Waals surface area contributed by atoms with Gasteiger partial charge in [-0.15, -0.1) is 0 Å². The van der Waals surface area contributed by atoms with Gasteiger partial charge in [0.15, 0.2) is 12.3 Å². The first-order chi connectivity index (χ1) is 25.0. The minimum atomic E-state index is -0.953. The van der Waals surface area contributed by atoms with Gasteiger partial charge in [-0.25, -0.2) is 0 Å². The number of oxime groups is 1. The smallest absolute Gasteiger partial charge is 0.308 e. The third kappa shape index (κ3) is 13.8. The molecule has 1 aromatic carbocycles. The molecular formula is C37H57N6O10+. The molecule has 16 nitrogen and oxygen atoms in total. The Balaban J connectivity index is 1.60. The number of hydrogen-bond donors (Lipinski definition) is 4. The lowest BCUT2D eigenvalue weighted by atomic mass is 9.93. The number of hydrogen-bond acceptors (Lipinski definition) is 11. The van der Waals surface area contributed by atoms with Gasteiger partial charge in [-0.05, 0) is 56.2 Å². The van der Waals surface area contributed by atoms with E-state index in [1.54, 1.807) is 6.92 Å². The Bertz CT molecular complexity index is 1520. The number of aryl methyl sites for hydroxylation is 1. The third-order valence-corrected chi connectivity index (χ3v) is 9.01. The second kappa shape index (κ2) is 19.6. The van der Waals surface area contributed by atoms with Crippen LogP contribution in [0.2, 0.25) is 0 Å². The highest BCUT2D eigenvalue weighted by Gasteiger charge is 2.50. The summed E-state index contributed by atoms with van der Waals surface area (Å²) < 4.78 is 16.7. The van der Waals surface area contributed by atoms with Crippen molar-refractivity contribution in [3.8, 4) is 5.75 Å². The van der Waals surface area contributed by atoms with Crippen LogP contribution in [0.1, 0.15) is 71.1 Å². The van der Waals surface area contributed by atoms with Gasteiger partial charge in [0.25, 0.3) is 5.91 Å². The maximum Gasteiger partial charge on any atom is 0.308 e. The number of carbonyl (C=O) groups excluding carboxylic acids is 6. The molecule has 294 valence electrons. The number of esters is 1. The average molecular weight is 746 g/mol. The zero-order chi connectivity index (χ0) is 39.3. The average Bonchev–Trinajstić information content (AvgIpc) is 3.83. The molecule has 2 saturated heterocycles. The number of rotatable bonds is 20. The lowest BCUT2D eigenvalue weighted by Gasteiger charge is -2.41. The van der Waals surface area contributed by atoms with E-state index in [-0.39, 0.29) is 43.2 Å². The van der Waals surface area contributed by atoms with Gasteiger partial charge in [0.05, 0.1) is 45.2 Å². The van der Waals surface area contributed by atoms with Gasteiger partial charge in [-0.1, -0.05) is 32.9 Å². The largest absolute Gasteiger partial charge is 0.426 e. The van der Waals surface area contributed by atoms with E-state index in [1.807, 2.05) is 46.8 Å². The standard InChI is InChI=1S/C37H56N6O10/c1-23(2)13-29(35(48)37(7)22-52-37)41-32(46)19-39-36(49)30(14-24(3)4)42-31(45)18-38-33(47)21-43(9-11-51-12-10-43)20-27-15-25(5)34(53-26(6)44)28(16-27)17-40-50-8/h15-17,23-24,29-30H,9-14,18-22H2,1-8H3,(H3-,38,39,41,42,45,46,47,49)/p+1/b40-17+/t29-,30-,37+/m0/s1. The summed E-state index contributed by atoms with van der Waals surface area (Å²) in [6, 6.07) is 2.04. The number of amides is 4. The van der Waals surface area contributed by atoms with Gasteiger partial charge >= 0.3 is 5.97 Å². The Morgan fingerprint density at radius 3 is 2.08 bits per heavy atom. The van der Waals surface area contributed by atoms with Crippen LogP contribution < -0.4 is 26.0 Å². The van der Waals surface area contributed by atoms with E-state index in [0.717, 1.165) is 5.56 Å². The highest BCUT2D eigenvalue weighted by atomic mass is 16.6. The molecule has 53 heavy (non-hydrogen) atoms. The van der Waals surface area contributed by atoms with E-state index in [9.17, 15) is 28.8 Å². The summed E-state index contributed by atoms with van der Waals surface area (Å²) in [4.78, 5) is 81.7. The van der Waals surface area contributed by atoms with Crippen LogP contribution in [-0.2, 0) is 49.6 Å². The van der Waals surface area contributed by atoms with Crippen LogP contribution in [0.5, 0.6) is 5.75 Å². The summed E-state index contributed by atoms with van der Waals surface area (Å²) in [6.45, 7) is 14.6. The molecule has 0 radical (unpaired) electrons. The molecule has 2 aliphatic heterocycles. The van der Waals surface area contributed by atoms with Gasteiger partial charge in [-0.2, -0.15) is 0 Å². The molecule has 3 atom stereocenters. The molecule has 16 heteroatoms. The first-order valence-corrected chi connectivity index (χ1v) is 18.1. The Kier molecular flexibility index (Phi) is 15.9. The predicted molar refractivity (Wildman–Crippen MR) is 195 cm³/mol. The molecule has 2 fully saturated rings. The normalized spacial score (nSPS) is 18.9. The van der Waals surface area contributed by atoms with Crippen molar-refractivity contribution in [1.82, 2.24) is 21.3 Å². The maximum atomic E-state index is 13.3. The molecular weight excluding hydrogens is 688 g/mol. The van der Waals surface area contributed by atoms with Crippen molar-refractivity contribution in [2.45, 2.75) is 85.5 Å². The van der Waals surface area contributed by atoms with Gasteiger partial charge < -0.3 is 44.8 Å². The fourth-order valence-corrected chi connectivity index (χ4v) is 6.29. The van der Waals surface area contributed by atoms with Crippen LogP contribution in [0.4, 0.5) is 0 Å². The summed E-state index contributed by atoms with van der Waals surface area (Å²) in [5.74, 6) is -2.13. The summed E-state index contributed by atoms with van der Waals surface area (Å²) in [5, 5.41) is 14.5. The fourth-order valence-electron chi connectivity index (χ4n) is 6.29. The van der Waals surface area contributed by atoms with E-state index in [4.69, 9.17) is 19.0 Å². The van der Waals surface area contributed by atoms with Crippen molar-refractivity contribution in [2.24, 2.45) is 17.0 Å². The molecule has 3 rings (SSSR count). The number of epoxide rings is 1. The molecule has 2 aliphatic rings. The first kappa shape index (κ1) is 43.0. The molecule has 4 N–H and O–H groups in total. The van der Waals surface area contributed by atoms with Crippen molar-refractivity contribution < 1.29 is 52.3 Å². The third-order valence-electron chi connectivity index (χ3n) is 9.01. The van der Waals surface area contributed by atoms with Crippen molar-refractivity contribution >= 4 is 41.6 Å². The molecule has 0 saturated carbocycles. The zero-order valence-corrected chi connectivity index (χ0v) is 32.3. The maximum absolute atomic E-state index is 13.3. The molecule has 0 aliphatic carbocycles. The van der Waals surface area contributed by atoms with Crippen LogP contribution in [0, 0.1) is 18.8 Å². The van der Waals surface area contributed by atoms with E-state index in [1.165, 1.54) is 20.2 Å². The number of Topliss-reactive ketones (excluding diaryl/α,β-unsaturated/α-hetero) is 1. The van der Waals surface area contributed by atoms with Crippen molar-refractivity contribution in [1.29, 1.82) is 0 Å². The number of morpholine rings is 1. The number of nitrogens with zero attached hydrogens (tertiary/aromatic N) is 2. The summed E-state index contributed by atoms with van der Waals surface area (Å²) in [5.41, 5.74) is 1.25. The summed E-state index contributed by atoms with van der Waals surface area (Å²) in [6.07, 6.45) is 2.19. The number of ketones is 1. The number of ether oxygens (including phenoxy) is 3. The van der Waals surface area contributed by atoms with E-state index in [2.05, 4.69) is 26.4 Å². The minimum absolute atomic E-state index is 0.0282. The summed E-state index contributed by atoms with van der Waals surface area (Å²) in [7, 11) is 1.41. The number of benzene rings is 1. The number of nitrogens with one attached hydrogen (secondary N) is 4. The van der Waals surface area contributed by atoms with Gasteiger partial charge in [0.1, 0.15) is 44.1 Å². The van der Waals surface area contributed by atoms with Gasteiger partial charge in [-0.3, -0.25) is 28.8 Å². The number of quaternary nitrogens is 1. The topological polar surface area (TPSA) is 203 Å². The minimum Gasteiger partial charge on any atom is -0.426 e. The summed E-state index contributed by atoms with van der Waals surface area (Å²) >= 11 is 0. The molecule has 0 spiro atoms. The van der Waals surface area contributed by atoms with Crippen LogP contribution in [0.15, 0.2) is 17.3 Å². The SMILES string of the molecule is CO/N=C/c1cc(C[N+]2(CC(=O)NCC(=O)N[C@@H](CC(C)C)C(=O)NCC(=O)N[C@@H](CC(C)C)C(=O)[C@@]3(C)CO3)CCOCC2)cc(C)c1OC(C)=O. The Morgan fingerprint density at radius 2 is 1.51 bits per heavy atom. The van der Waals surface area contributed by atoms with Crippen molar-refractivity contribution in [3.63, 3.8) is 0 Å². The lowest BCUT2D eigenvalue weighted by molar-refractivity contribution is -0.940. The lowest BCUT2D eigenvalue weighted by Crippen LogP contribution is -2.59. The molecule has 0 bridgehead atoms. The zero-order valence-electron chi connectivity index (χ0n) is 32.3. The second-order valence-electron chi connectivity index (χ2n) is 14.9. The van der Waals surface area contributed by atoms with Gasteiger partial charge in [0.2, 0.25) is 17.7 Å². The predicted octanol–water partition coefficient (Wildman–Crippen LogP) is 0.900. The van der Waals surface area contributed by atoms with Crippen LogP contribution in [0.25, 0.3) is 0 Å².